The van der Waals surface area contributed by atoms with Gasteiger partial charge in [-0.15, -0.1) is 0 Å². The molecule has 1 rings (SSSR count). The maximum Gasteiger partial charge on any atom is 0.274 e. The van der Waals surface area contributed by atoms with E-state index in [0.29, 0.717) is 30.6 Å². The standard InChI is InChI=1S/C14H21N3O3/c1-3-11-6-7-12(9-13(11)17(19)20)16-14(18)10(2)5-4-8-15/h6-7,9-10H,3-5,8,15H2,1-2H3,(H,16,18). The van der Waals surface area contributed by atoms with Crippen LogP contribution in [0.4, 0.5) is 11.4 Å². The summed E-state index contributed by atoms with van der Waals surface area (Å²) in [7, 11) is 0. The normalized spacial score (nSPS) is 11.9. The van der Waals surface area contributed by atoms with E-state index in [1.807, 2.05) is 13.8 Å². The largest absolute Gasteiger partial charge is 0.330 e. The van der Waals surface area contributed by atoms with Gasteiger partial charge in [-0.1, -0.05) is 19.9 Å². The summed E-state index contributed by atoms with van der Waals surface area (Å²) in [5.41, 5.74) is 6.56. The monoisotopic (exact) mass is 279 g/mol. The molecule has 0 saturated carbocycles. The summed E-state index contributed by atoms with van der Waals surface area (Å²) in [5.74, 6) is -0.305. The molecule has 3 N–H and O–H groups in total. The number of rotatable bonds is 7. The minimum Gasteiger partial charge on any atom is -0.330 e. The van der Waals surface area contributed by atoms with Gasteiger partial charge in [0, 0.05) is 23.2 Å². The van der Waals surface area contributed by atoms with E-state index >= 15 is 0 Å². The molecule has 1 aromatic carbocycles. The predicted octanol–water partition coefficient (Wildman–Crippen LogP) is 2.47. The van der Waals surface area contributed by atoms with Crippen LogP contribution >= 0.6 is 0 Å². The lowest BCUT2D eigenvalue weighted by Gasteiger charge is -2.12. The van der Waals surface area contributed by atoms with Crippen molar-refractivity contribution in [3.63, 3.8) is 0 Å². The van der Waals surface area contributed by atoms with Crippen molar-refractivity contribution in [1.82, 2.24) is 0 Å². The first-order valence-corrected chi connectivity index (χ1v) is 6.77. The molecule has 6 heteroatoms. The summed E-state index contributed by atoms with van der Waals surface area (Å²) >= 11 is 0. The number of nitro groups is 1. The van der Waals surface area contributed by atoms with E-state index < -0.39 is 4.92 Å². The second-order valence-electron chi connectivity index (χ2n) is 4.78. The third-order valence-corrected chi connectivity index (χ3v) is 3.22. The maximum absolute atomic E-state index is 11.9. The number of hydrogen-bond donors (Lipinski definition) is 2. The van der Waals surface area contributed by atoms with Crippen LogP contribution in [0.25, 0.3) is 0 Å². The van der Waals surface area contributed by atoms with E-state index in [1.165, 1.54) is 6.07 Å². The number of nitrogens with two attached hydrogens (primary N) is 1. The molecular formula is C14H21N3O3. The fraction of sp³-hybridized carbons (Fsp3) is 0.500. The lowest BCUT2D eigenvalue weighted by Crippen LogP contribution is -2.21. The van der Waals surface area contributed by atoms with Crippen molar-refractivity contribution in [2.24, 2.45) is 11.7 Å². The minimum absolute atomic E-state index is 0.0416. The van der Waals surface area contributed by atoms with Gasteiger partial charge in [0.1, 0.15) is 0 Å². The molecule has 1 unspecified atom stereocenters. The molecule has 0 radical (unpaired) electrons. The number of nitrogens with one attached hydrogen (secondary N) is 1. The van der Waals surface area contributed by atoms with Crippen LogP contribution in [0.1, 0.15) is 32.3 Å². The summed E-state index contributed by atoms with van der Waals surface area (Å²) in [6.45, 7) is 4.23. The molecule has 1 amide bonds. The maximum atomic E-state index is 11.9. The highest BCUT2D eigenvalue weighted by molar-refractivity contribution is 5.92. The Balaban J connectivity index is 2.80. The number of carbonyl (C=O) groups excluding carboxylic acids is 1. The highest BCUT2D eigenvalue weighted by Gasteiger charge is 2.16. The molecule has 0 aromatic heterocycles. The Morgan fingerprint density at radius 1 is 1.50 bits per heavy atom. The van der Waals surface area contributed by atoms with Crippen LogP contribution in [-0.2, 0) is 11.2 Å². The van der Waals surface area contributed by atoms with Gasteiger partial charge in [0.15, 0.2) is 0 Å². The first-order valence-electron chi connectivity index (χ1n) is 6.77. The number of benzene rings is 1. The average Bonchev–Trinajstić information content (AvgIpc) is 2.44. The van der Waals surface area contributed by atoms with Crippen LogP contribution in [0.2, 0.25) is 0 Å². The van der Waals surface area contributed by atoms with Crippen molar-refractivity contribution < 1.29 is 9.72 Å². The van der Waals surface area contributed by atoms with Gasteiger partial charge in [-0.2, -0.15) is 0 Å². The SMILES string of the molecule is CCc1ccc(NC(=O)C(C)CCCN)cc1[N+](=O)[O-]. The second kappa shape index (κ2) is 7.59. The highest BCUT2D eigenvalue weighted by atomic mass is 16.6. The van der Waals surface area contributed by atoms with Crippen molar-refractivity contribution in [2.75, 3.05) is 11.9 Å². The van der Waals surface area contributed by atoms with Crippen molar-refractivity contribution in [1.29, 1.82) is 0 Å². The molecule has 0 bridgehead atoms. The van der Waals surface area contributed by atoms with Gasteiger partial charge in [0.25, 0.3) is 5.69 Å². The molecule has 0 aliphatic rings. The number of carbonyl (C=O) groups is 1. The third kappa shape index (κ3) is 4.31. The summed E-state index contributed by atoms with van der Waals surface area (Å²) in [6.07, 6.45) is 2.07. The second-order valence-corrected chi connectivity index (χ2v) is 4.78. The van der Waals surface area contributed by atoms with E-state index in [-0.39, 0.29) is 17.5 Å². The summed E-state index contributed by atoms with van der Waals surface area (Å²) in [4.78, 5) is 22.5. The van der Waals surface area contributed by atoms with Crippen LogP contribution in [0.5, 0.6) is 0 Å². The van der Waals surface area contributed by atoms with E-state index in [2.05, 4.69) is 5.32 Å². The zero-order chi connectivity index (χ0) is 15.1. The Bertz CT molecular complexity index is 489. The molecule has 0 heterocycles. The van der Waals surface area contributed by atoms with Crippen molar-refractivity contribution >= 4 is 17.3 Å². The van der Waals surface area contributed by atoms with Gasteiger partial charge >= 0.3 is 0 Å². The average molecular weight is 279 g/mol. The molecule has 1 atom stereocenters. The zero-order valence-corrected chi connectivity index (χ0v) is 11.9. The summed E-state index contributed by atoms with van der Waals surface area (Å²) in [6, 6.07) is 4.78. The lowest BCUT2D eigenvalue weighted by atomic mass is 10.0. The van der Waals surface area contributed by atoms with Gasteiger partial charge in [0.05, 0.1) is 4.92 Å². The first kappa shape index (κ1) is 16.1. The van der Waals surface area contributed by atoms with Crippen LogP contribution in [0.3, 0.4) is 0 Å². The molecule has 0 aliphatic carbocycles. The Kier molecular flexibility index (Phi) is 6.11. The molecule has 0 aliphatic heterocycles. The van der Waals surface area contributed by atoms with E-state index in [1.54, 1.807) is 12.1 Å². The van der Waals surface area contributed by atoms with Crippen LogP contribution in [0, 0.1) is 16.0 Å². The molecule has 0 spiro atoms. The van der Waals surface area contributed by atoms with Gasteiger partial charge in [-0.05, 0) is 31.9 Å². The molecule has 6 nitrogen and oxygen atoms in total. The third-order valence-electron chi connectivity index (χ3n) is 3.22. The van der Waals surface area contributed by atoms with Crippen LogP contribution in [0.15, 0.2) is 18.2 Å². The first-order chi connectivity index (χ1) is 9.49. The number of anilines is 1. The fourth-order valence-corrected chi connectivity index (χ4v) is 1.93. The van der Waals surface area contributed by atoms with Crippen LogP contribution in [-0.4, -0.2) is 17.4 Å². The Labute approximate surface area is 118 Å². The van der Waals surface area contributed by atoms with Gasteiger partial charge < -0.3 is 11.1 Å². The molecule has 1 aromatic rings. The zero-order valence-electron chi connectivity index (χ0n) is 11.9. The quantitative estimate of drug-likeness (QED) is 0.591. The number of aryl methyl sites for hydroxylation is 1. The minimum atomic E-state index is -0.424. The smallest absolute Gasteiger partial charge is 0.274 e. The Morgan fingerprint density at radius 3 is 2.75 bits per heavy atom. The Morgan fingerprint density at radius 2 is 2.20 bits per heavy atom. The fourth-order valence-electron chi connectivity index (χ4n) is 1.93. The predicted molar refractivity (Wildman–Crippen MR) is 78.6 cm³/mol. The van der Waals surface area contributed by atoms with Gasteiger partial charge in [0.2, 0.25) is 5.91 Å². The van der Waals surface area contributed by atoms with Gasteiger partial charge in [-0.25, -0.2) is 0 Å². The van der Waals surface area contributed by atoms with Crippen molar-refractivity contribution in [2.45, 2.75) is 33.1 Å². The molecule has 0 fully saturated rings. The number of nitrogens with zero attached hydrogens (tertiary/aromatic N) is 1. The van der Waals surface area contributed by atoms with Crippen LogP contribution < -0.4 is 11.1 Å². The van der Waals surface area contributed by atoms with Crippen molar-refractivity contribution in [3.8, 4) is 0 Å². The highest BCUT2D eigenvalue weighted by Crippen LogP contribution is 2.24. The van der Waals surface area contributed by atoms with Crippen molar-refractivity contribution in [3.05, 3.63) is 33.9 Å². The molecule has 20 heavy (non-hydrogen) atoms. The topological polar surface area (TPSA) is 98.3 Å². The van der Waals surface area contributed by atoms with E-state index in [0.717, 1.165) is 6.42 Å². The molecule has 110 valence electrons. The number of nitro benzene ring substituents is 1. The molecular weight excluding hydrogens is 258 g/mol. The number of hydrogen-bond acceptors (Lipinski definition) is 4. The number of amides is 1. The van der Waals surface area contributed by atoms with E-state index in [9.17, 15) is 14.9 Å². The lowest BCUT2D eigenvalue weighted by molar-refractivity contribution is -0.385. The molecule has 0 saturated heterocycles. The summed E-state index contributed by atoms with van der Waals surface area (Å²) in [5, 5.41) is 13.7. The summed E-state index contributed by atoms with van der Waals surface area (Å²) < 4.78 is 0. The Hall–Kier alpha value is -1.95. The van der Waals surface area contributed by atoms with Gasteiger partial charge in [-0.3, -0.25) is 14.9 Å². The van der Waals surface area contributed by atoms with E-state index in [4.69, 9.17) is 5.73 Å².